The summed E-state index contributed by atoms with van der Waals surface area (Å²) in [6, 6.07) is 8.23. The fourth-order valence-electron chi connectivity index (χ4n) is 3.02. The van der Waals surface area contributed by atoms with Gasteiger partial charge in [-0.3, -0.25) is 14.4 Å². The van der Waals surface area contributed by atoms with E-state index in [1.165, 1.54) is 0 Å². The first-order valence-corrected chi connectivity index (χ1v) is 10.7. The summed E-state index contributed by atoms with van der Waals surface area (Å²) in [5, 5.41) is 4.92. The Hall–Kier alpha value is -3.07. The van der Waals surface area contributed by atoms with E-state index in [1.54, 1.807) is 0 Å². The molecule has 2 amide bonds. The highest BCUT2D eigenvalue weighted by molar-refractivity contribution is 6.33. The van der Waals surface area contributed by atoms with Crippen LogP contribution in [0.3, 0.4) is 0 Å². The quantitative estimate of drug-likeness (QED) is 0.468. The Morgan fingerprint density at radius 2 is 1.58 bits per heavy atom. The lowest BCUT2D eigenvalue weighted by atomic mass is 10.0. The number of carbonyl (C=O) groups excluding carboxylic acids is 3. The molecule has 0 spiro atoms. The van der Waals surface area contributed by atoms with Crippen molar-refractivity contribution < 1.29 is 32.3 Å². The van der Waals surface area contributed by atoms with Crippen LogP contribution >= 0.6 is 11.6 Å². The first kappa shape index (κ1) is 26.2. The molecule has 0 saturated heterocycles. The molecule has 2 aromatic carbocycles. The summed E-state index contributed by atoms with van der Waals surface area (Å²) in [7, 11) is 0. The maximum Gasteiger partial charge on any atom is 0.416 e. The van der Waals surface area contributed by atoms with Gasteiger partial charge < -0.3 is 15.4 Å². The predicted octanol–water partition coefficient (Wildman–Crippen LogP) is 5.38. The standard InChI is InChI=1S/C23H24ClF3N2O4/c1-3-14-6-5-7-15(4-2)22(14)29-20(31)13-33-21(32)11-10-19(30)28-18-12-16(23(25,26)27)8-9-17(18)24/h5-9,12H,3-4,10-11,13H2,1-2H3,(H,28,30)(H,29,31). The molecule has 2 aromatic rings. The maximum absolute atomic E-state index is 12.8. The van der Waals surface area contributed by atoms with Gasteiger partial charge in [-0.25, -0.2) is 0 Å². The van der Waals surface area contributed by atoms with Gasteiger partial charge >= 0.3 is 12.1 Å². The van der Waals surface area contributed by atoms with Crippen LogP contribution in [0.25, 0.3) is 0 Å². The van der Waals surface area contributed by atoms with E-state index in [0.717, 1.165) is 23.3 Å². The average molecular weight is 485 g/mol. The molecule has 0 radical (unpaired) electrons. The minimum absolute atomic E-state index is 0.0746. The van der Waals surface area contributed by atoms with Gasteiger partial charge in [0.05, 0.1) is 22.7 Å². The molecule has 0 aliphatic rings. The minimum atomic E-state index is -4.59. The average Bonchev–Trinajstić information content (AvgIpc) is 2.77. The second kappa shape index (κ2) is 11.7. The molecular formula is C23H24ClF3N2O4. The maximum atomic E-state index is 12.8. The van der Waals surface area contributed by atoms with Gasteiger partial charge in [0, 0.05) is 12.1 Å². The summed E-state index contributed by atoms with van der Waals surface area (Å²) in [5.41, 5.74) is 1.42. The molecule has 2 N–H and O–H groups in total. The van der Waals surface area contributed by atoms with E-state index in [4.69, 9.17) is 16.3 Å². The monoisotopic (exact) mass is 484 g/mol. The van der Waals surface area contributed by atoms with Crippen LogP contribution in [-0.4, -0.2) is 24.4 Å². The summed E-state index contributed by atoms with van der Waals surface area (Å²) in [4.78, 5) is 36.1. The van der Waals surface area contributed by atoms with Crippen LogP contribution in [0.4, 0.5) is 24.5 Å². The van der Waals surface area contributed by atoms with Crippen molar-refractivity contribution in [1.29, 1.82) is 0 Å². The van der Waals surface area contributed by atoms with E-state index in [0.29, 0.717) is 24.6 Å². The van der Waals surface area contributed by atoms with Crippen molar-refractivity contribution in [2.24, 2.45) is 0 Å². The number of ether oxygens (including phenoxy) is 1. The second-order valence-electron chi connectivity index (χ2n) is 7.11. The smallest absolute Gasteiger partial charge is 0.416 e. The van der Waals surface area contributed by atoms with Gasteiger partial charge in [-0.05, 0) is 42.2 Å². The highest BCUT2D eigenvalue weighted by Crippen LogP contribution is 2.33. The molecule has 0 aliphatic carbocycles. The molecule has 0 fully saturated rings. The van der Waals surface area contributed by atoms with Gasteiger partial charge in [0.1, 0.15) is 0 Å². The molecule has 2 rings (SSSR count). The van der Waals surface area contributed by atoms with Crippen molar-refractivity contribution in [3.8, 4) is 0 Å². The third kappa shape index (κ3) is 7.78. The van der Waals surface area contributed by atoms with E-state index in [1.807, 2.05) is 32.0 Å². The van der Waals surface area contributed by atoms with Gasteiger partial charge in [0.2, 0.25) is 5.91 Å². The van der Waals surface area contributed by atoms with Crippen molar-refractivity contribution in [3.05, 3.63) is 58.1 Å². The van der Waals surface area contributed by atoms with Crippen LogP contribution in [0.5, 0.6) is 0 Å². The molecule has 0 atom stereocenters. The Kier molecular flexibility index (Phi) is 9.28. The number of nitrogens with one attached hydrogen (secondary N) is 2. The van der Waals surface area contributed by atoms with Gasteiger partial charge in [-0.2, -0.15) is 13.2 Å². The summed E-state index contributed by atoms with van der Waals surface area (Å²) < 4.78 is 43.3. The van der Waals surface area contributed by atoms with Gasteiger partial charge in [-0.15, -0.1) is 0 Å². The van der Waals surface area contributed by atoms with Gasteiger partial charge in [0.25, 0.3) is 5.91 Å². The Balaban J connectivity index is 1.84. The van der Waals surface area contributed by atoms with E-state index in [-0.39, 0.29) is 23.6 Å². The third-order valence-electron chi connectivity index (χ3n) is 4.75. The van der Waals surface area contributed by atoms with Crippen LogP contribution in [0.15, 0.2) is 36.4 Å². The van der Waals surface area contributed by atoms with Crippen molar-refractivity contribution >= 4 is 40.8 Å². The molecule has 6 nitrogen and oxygen atoms in total. The van der Waals surface area contributed by atoms with E-state index in [9.17, 15) is 27.6 Å². The molecule has 0 aromatic heterocycles. The lowest BCUT2D eigenvalue weighted by molar-refractivity contribution is -0.147. The SMILES string of the molecule is CCc1cccc(CC)c1NC(=O)COC(=O)CCC(=O)Nc1cc(C(F)(F)F)ccc1Cl. The Labute approximate surface area is 194 Å². The molecule has 0 heterocycles. The summed E-state index contributed by atoms with van der Waals surface area (Å²) in [6.07, 6.45) is -3.88. The number of benzene rings is 2. The Bertz CT molecular complexity index is 1000. The molecule has 0 unspecified atom stereocenters. The molecule has 10 heteroatoms. The number of esters is 1. The van der Waals surface area contributed by atoms with E-state index < -0.39 is 36.1 Å². The molecule has 0 bridgehead atoms. The number of halogens is 4. The number of amides is 2. The molecule has 178 valence electrons. The normalized spacial score (nSPS) is 11.1. The van der Waals surface area contributed by atoms with Crippen molar-refractivity contribution in [2.45, 2.75) is 45.7 Å². The van der Waals surface area contributed by atoms with Crippen LogP contribution in [-0.2, 0) is 38.1 Å². The largest absolute Gasteiger partial charge is 0.456 e. The number of aryl methyl sites for hydroxylation is 2. The number of para-hydroxylation sites is 1. The topological polar surface area (TPSA) is 84.5 Å². The van der Waals surface area contributed by atoms with Crippen molar-refractivity contribution in [2.75, 3.05) is 17.2 Å². The number of hydrogen-bond donors (Lipinski definition) is 2. The summed E-state index contributed by atoms with van der Waals surface area (Å²) in [5.74, 6) is -2.03. The molecule has 0 saturated carbocycles. The fraction of sp³-hybridized carbons (Fsp3) is 0.348. The van der Waals surface area contributed by atoms with Crippen LogP contribution in [0.1, 0.15) is 43.4 Å². The number of rotatable bonds is 9. The predicted molar refractivity (Wildman–Crippen MR) is 119 cm³/mol. The Morgan fingerprint density at radius 1 is 0.939 bits per heavy atom. The Morgan fingerprint density at radius 3 is 2.15 bits per heavy atom. The zero-order chi connectivity index (χ0) is 24.6. The molecule has 33 heavy (non-hydrogen) atoms. The summed E-state index contributed by atoms with van der Waals surface area (Å²) >= 11 is 5.83. The molecule has 0 aliphatic heterocycles. The zero-order valence-corrected chi connectivity index (χ0v) is 18.9. The number of anilines is 2. The van der Waals surface area contributed by atoms with Crippen LogP contribution in [0, 0.1) is 0 Å². The summed E-state index contributed by atoms with van der Waals surface area (Å²) in [6.45, 7) is 3.39. The van der Waals surface area contributed by atoms with Gasteiger partial charge in [0.15, 0.2) is 6.61 Å². The van der Waals surface area contributed by atoms with Gasteiger partial charge in [-0.1, -0.05) is 43.6 Å². The van der Waals surface area contributed by atoms with Crippen LogP contribution in [0.2, 0.25) is 5.02 Å². The van der Waals surface area contributed by atoms with Crippen molar-refractivity contribution in [3.63, 3.8) is 0 Å². The van der Waals surface area contributed by atoms with E-state index >= 15 is 0 Å². The van der Waals surface area contributed by atoms with E-state index in [2.05, 4.69) is 10.6 Å². The fourth-order valence-corrected chi connectivity index (χ4v) is 3.19. The molecular weight excluding hydrogens is 461 g/mol. The number of alkyl halides is 3. The van der Waals surface area contributed by atoms with Crippen LogP contribution < -0.4 is 10.6 Å². The lowest BCUT2D eigenvalue weighted by Crippen LogP contribution is -2.23. The minimum Gasteiger partial charge on any atom is -0.456 e. The third-order valence-corrected chi connectivity index (χ3v) is 5.08. The number of carbonyl (C=O) groups is 3. The zero-order valence-electron chi connectivity index (χ0n) is 18.1. The second-order valence-corrected chi connectivity index (χ2v) is 7.51. The highest BCUT2D eigenvalue weighted by atomic mass is 35.5. The first-order chi connectivity index (χ1) is 15.5. The highest BCUT2D eigenvalue weighted by Gasteiger charge is 2.31. The lowest BCUT2D eigenvalue weighted by Gasteiger charge is -2.14. The number of hydrogen-bond acceptors (Lipinski definition) is 4. The van der Waals surface area contributed by atoms with Crippen molar-refractivity contribution in [1.82, 2.24) is 0 Å². The first-order valence-electron chi connectivity index (χ1n) is 10.3.